The SMILES string of the molecule is CCCC(N)C(=O)NC12CC3CC(C)(CC(C)(C3)C1)C2. The molecule has 4 bridgehead atoms. The second kappa shape index (κ2) is 4.46. The number of hydrogen-bond donors (Lipinski definition) is 2. The van der Waals surface area contributed by atoms with Crippen molar-refractivity contribution in [3.8, 4) is 0 Å². The molecule has 3 atom stereocenters. The Labute approximate surface area is 123 Å². The number of carbonyl (C=O) groups is 1. The predicted molar refractivity (Wildman–Crippen MR) is 81.2 cm³/mol. The quantitative estimate of drug-likeness (QED) is 0.830. The summed E-state index contributed by atoms with van der Waals surface area (Å²) in [7, 11) is 0. The highest BCUT2D eigenvalue weighted by atomic mass is 16.2. The van der Waals surface area contributed by atoms with Crippen LogP contribution in [0.25, 0.3) is 0 Å². The first-order chi connectivity index (χ1) is 9.27. The minimum absolute atomic E-state index is 0.0470. The molecule has 0 aromatic heterocycles. The molecule has 0 aromatic carbocycles. The van der Waals surface area contributed by atoms with E-state index >= 15 is 0 Å². The summed E-state index contributed by atoms with van der Waals surface area (Å²) in [6, 6.07) is -0.325. The zero-order valence-corrected chi connectivity index (χ0v) is 13.3. The maximum absolute atomic E-state index is 12.4. The van der Waals surface area contributed by atoms with Gasteiger partial charge in [-0.2, -0.15) is 0 Å². The Hall–Kier alpha value is -0.570. The smallest absolute Gasteiger partial charge is 0.237 e. The van der Waals surface area contributed by atoms with Crippen LogP contribution in [0.3, 0.4) is 0 Å². The van der Waals surface area contributed by atoms with E-state index in [1.807, 2.05) is 0 Å². The van der Waals surface area contributed by atoms with Gasteiger partial charge in [-0.3, -0.25) is 4.79 Å². The van der Waals surface area contributed by atoms with E-state index in [9.17, 15) is 4.79 Å². The molecule has 0 radical (unpaired) electrons. The van der Waals surface area contributed by atoms with E-state index in [2.05, 4.69) is 26.1 Å². The molecular formula is C17H30N2O. The van der Waals surface area contributed by atoms with Crippen LogP contribution in [-0.4, -0.2) is 17.5 Å². The molecule has 1 amide bonds. The monoisotopic (exact) mass is 278 g/mol. The zero-order valence-electron chi connectivity index (χ0n) is 13.3. The largest absolute Gasteiger partial charge is 0.349 e. The predicted octanol–water partition coefficient (Wildman–Crippen LogP) is 2.98. The van der Waals surface area contributed by atoms with E-state index in [1.165, 1.54) is 25.7 Å². The molecule has 4 fully saturated rings. The first-order valence-electron chi connectivity index (χ1n) is 8.35. The highest BCUT2D eigenvalue weighted by molar-refractivity contribution is 5.82. The van der Waals surface area contributed by atoms with Gasteiger partial charge in [-0.05, 0) is 61.7 Å². The third-order valence-corrected chi connectivity index (χ3v) is 5.95. The normalized spacial score (nSPS) is 47.3. The maximum atomic E-state index is 12.4. The third-order valence-electron chi connectivity index (χ3n) is 5.95. The molecule has 4 saturated carbocycles. The van der Waals surface area contributed by atoms with Crippen LogP contribution in [0.4, 0.5) is 0 Å². The van der Waals surface area contributed by atoms with Crippen LogP contribution >= 0.6 is 0 Å². The summed E-state index contributed by atoms with van der Waals surface area (Å²) in [6.45, 7) is 6.95. The van der Waals surface area contributed by atoms with Crippen LogP contribution in [-0.2, 0) is 4.79 Å². The second-order valence-electron chi connectivity index (χ2n) is 8.79. The van der Waals surface area contributed by atoms with Crippen molar-refractivity contribution in [2.24, 2.45) is 22.5 Å². The summed E-state index contributed by atoms with van der Waals surface area (Å²) in [5.41, 5.74) is 6.94. The average Bonchev–Trinajstić information content (AvgIpc) is 2.23. The van der Waals surface area contributed by atoms with Gasteiger partial charge in [0.25, 0.3) is 0 Å². The fraction of sp³-hybridized carbons (Fsp3) is 0.941. The summed E-state index contributed by atoms with van der Waals surface area (Å²) in [5.74, 6) is 0.893. The molecule has 0 aromatic rings. The Morgan fingerprint density at radius 1 is 1.20 bits per heavy atom. The first-order valence-corrected chi connectivity index (χ1v) is 8.35. The maximum Gasteiger partial charge on any atom is 0.237 e. The Morgan fingerprint density at radius 3 is 2.30 bits per heavy atom. The van der Waals surface area contributed by atoms with Gasteiger partial charge < -0.3 is 11.1 Å². The lowest BCUT2D eigenvalue weighted by molar-refractivity contribution is -0.140. The van der Waals surface area contributed by atoms with Crippen LogP contribution in [0, 0.1) is 16.7 Å². The van der Waals surface area contributed by atoms with Crippen LogP contribution in [0.2, 0.25) is 0 Å². The van der Waals surface area contributed by atoms with Crippen molar-refractivity contribution in [1.82, 2.24) is 5.32 Å². The minimum Gasteiger partial charge on any atom is -0.349 e. The van der Waals surface area contributed by atoms with Crippen molar-refractivity contribution in [2.75, 3.05) is 0 Å². The van der Waals surface area contributed by atoms with Gasteiger partial charge >= 0.3 is 0 Å². The van der Waals surface area contributed by atoms with E-state index in [-0.39, 0.29) is 17.5 Å². The van der Waals surface area contributed by atoms with Gasteiger partial charge in [0.1, 0.15) is 0 Å². The van der Waals surface area contributed by atoms with E-state index in [1.54, 1.807) is 0 Å². The zero-order chi connectivity index (χ0) is 14.6. The topological polar surface area (TPSA) is 55.1 Å². The van der Waals surface area contributed by atoms with Gasteiger partial charge in [0.05, 0.1) is 6.04 Å². The molecule has 4 rings (SSSR count). The van der Waals surface area contributed by atoms with E-state index < -0.39 is 0 Å². The standard InChI is InChI=1S/C17H30N2O/c1-4-5-13(18)14(20)19-17-8-12-6-15(2,10-17)9-16(3,7-12)11-17/h12-13H,4-11,18H2,1-3H3,(H,19,20). The second-order valence-corrected chi connectivity index (χ2v) is 8.79. The number of nitrogens with one attached hydrogen (secondary N) is 1. The van der Waals surface area contributed by atoms with Crippen LogP contribution in [0.5, 0.6) is 0 Å². The lowest BCUT2D eigenvalue weighted by Gasteiger charge is -2.65. The summed E-state index contributed by atoms with van der Waals surface area (Å²) in [5, 5.41) is 3.40. The Balaban J connectivity index is 1.77. The highest BCUT2D eigenvalue weighted by Crippen LogP contribution is 2.66. The van der Waals surface area contributed by atoms with Crippen molar-refractivity contribution >= 4 is 5.91 Å². The first kappa shape index (κ1) is 14.4. The molecule has 3 nitrogen and oxygen atoms in total. The number of hydrogen-bond acceptors (Lipinski definition) is 2. The third kappa shape index (κ3) is 2.38. The van der Waals surface area contributed by atoms with Gasteiger partial charge in [-0.25, -0.2) is 0 Å². The van der Waals surface area contributed by atoms with Crippen molar-refractivity contribution < 1.29 is 4.79 Å². The summed E-state index contributed by atoms with van der Waals surface area (Å²) in [4.78, 5) is 12.4. The molecule has 0 heterocycles. The van der Waals surface area contributed by atoms with Gasteiger partial charge in [0.2, 0.25) is 5.91 Å². The fourth-order valence-electron chi connectivity index (χ4n) is 6.38. The molecule has 4 aliphatic rings. The molecule has 3 unspecified atom stereocenters. The lowest BCUT2D eigenvalue weighted by atomic mass is 9.43. The van der Waals surface area contributed by atoms with Crippen LogP contribution in [0.1, 0.15) is 72.1 Å². The molecule has 3 heteroatoms. The van der Waals surface area contributed by atoms with Gasteiger partial charge in [0.15, 0.2) is 0 Å². The van der Waals surface area contributed by atoms with Crippen molar-refractivity contribution in [3.05, 3.63) is 0 Å². The Bertz CT molecular complexity index is 401. The van der Waals surface area contributed by atoms with E-state index in [0.717, 1.165) is 31.6 Å². The van der Waals surface area contributed by atoms with Crippen LogP contribution in [0.15, 0.2) is 0 Å². The van der Waals surface area contributed by atoms with Crippen molar-refractivity contribution in [2.45, 2.75) is 83.7 Å². The number of nitrogens with two attached hydrogens (primary N) is 1. The molecule has 0 aliphatic heterocycles. The van der Waals surface area contributed by atoms with Crippen LogP contribution < -0.4 is 11.1 Å². The van der Waals surface area contributed by atoms with Crippen molar-refractivity contribution in [3.63, 3.8) is 0 Å². The molecular weight excluding hydrogens is 248 g/mol. The number of carbonyl (C=O) groups excluding carboxylic acids is 1. The lowest BCUT2D eigenvalue weighted by Crippen LogP contribution is -2.66. The van der Waals surface area contributed by atoms with Gasteiger partial charge in [-0.1, -0.05) is 27.2 Å². The molecule has 20 heavy (non-hydrogen) atoms. The average molecular weight is 278 g/mol. The summed E-state index contributed by atoms with van der Waals surface area (Å²) < 4.78 is 0. The van der Waals surface area contributed by atoms with Crippen molar-refractivity contribution in [1.29, 1.82) is 0 Å². The number of rotatable bonds is 4. The molecule has 0 saturated heterocycles. The Morgan fingerprint density at radius 2 is 1.80 bits per heavy atom. The van der Waals surface area contributed by atoms with E-state index in [0.29, 0.717) is 10.8 Å². The Kier molecular flexibility index (Phi) is 3.20. The number of amides is 1. The van der Waals surface area contributed by atoms with Gasteiger partial charge in [-0.15, -0.1) is 0 Å². The minimum atomic E-state index is -0.325. The molecule has 4 aliphatic carbocycles. The molecule has 114 valence electrons. The molecule has 3 N–H and O–H groups in total. The van der Waals surface area contributed by atoms with Gasteiger partial charge in [0, 0.05) is 5.54 Å². The molecule has 0 spiro atoms. The highest BCUT2D eigenvalue weighted by Gasteiger charge is 2.60. The summed E-state index contributed by atoms with van der Waals surface area (Å²) >= 11 is 0. The fourth-order valence-corrected chi connectivity index (χ4v) is 6.38. The van der Waals surface area contributed by atoms with E-state index in [4.69, 9.17) is 5.73 Å². The summed E-state index contributed by atoms with van der Waals surface area (Å²) in [6.07, 6.45) is 9.34.